The lowest BCUT2D eigenvalue weighted by Crippen LogP contribution is -2.58. The molecule has 8 nitrogen and oxygen atoms in total. The van der Waals surface area contributed by atoms with Crippen molar-refractivity contribution in [2.24, 2.45) is 0 Å². The number of benzene rings is 1. The Balaban J connectivity index is 1.40. The van der Waals surface area contributed by atoms with E-state index in [4.69, 9.17) is 4.42 Å². The van der Waals surface area contributed by atoms with Gasteiger partial charge >= 0.3 is 0 Å². The summed E-state index contributed by atoms with van der Waals surface area (Å²) in [5.74, 6) is 0.378. The van der Waals surface area contributed by atoms with E-state index in [1.165, 1.54) is 0 Å². The molecule has 1 saturated heterocycles. The third kappa shape index (κ3) is 4.42. The highest BCUT2D eigenvalue weighted by molar-refractivity contribution is 6.02. The highest BCUT2D eigenvalue weighted by Crippen LogP contribution is 2.32. The molecule has 2 aliphatic rings. The second-order valence-electron chi connectivity index (χ2n) is 8.34. The summed E-state index contributed by atoms with van der Waals surface area (Å²) in [4.78, 5) is 39.7. The zero-order valence-electron chi connectivity index (χ0n) is 17.9. The number of carbonyl (C=O) groups excluding carboxylic acids is 3. The molecule has 0 aliphatic carbocycles. The van der Waals surface area contributed by atoms with Crippen molar-refractivity contribution in [2.45, 2.75) is 51.2 Å². The Kier molecular flexibility index (Phi) is 5.71. The number of nitrogens with one attached hydrogen (secondary N) is 3. The number of rotatable bonds is 5. The van der Waals surface area contributed by atoms with E-state index in [1.54, 1.807) is 18.1 Å². The van der Waals surface area contributed by atoms with Gasteiger partial charge < -0.3 is 25.3 Å². The van der Waals surface area contributed by atoms with E-state index in [0.29, 0.717) is 37.9 Å². The molecule has 164 valence electrons. The molecule has 2 atom stereocenters. The number of hydrogen-bond donors (Lipinski definition) is 3. The molecule has 3 N–H and O–H groups in total. The second-order valence-corrected chi connectivity index (χ2v) is 8.34. The van der Waals surface area contributed by atoms with Crippen LogP contribution in [0.4, 0.5) is 5.69 Å². The van der Waals surface area contributed by atoms with Crippen molar-refractivity contribution in [1.82, 2.24) is 15.5 Å². The Morgan fingerprint density at radius 1 is 1.26 bits per heavy atom. The summed E-state index contributed by atoms with van der Waals surface area (Å²) in [7, 11) is 0. The largest absolute Gasteiger partial charge is 0.469 e. The lowest BCUT2D eigenvalue weighted by atomic mass is 9.94. The van der Waals surface area contributed by atoms with E-state index < -0.39 is 11.7 Å². The molecule has 0 bridgehead atoms. The molecule has 31 heavy (non-hydrogen) atoms. The highest BCUT2D eigenvalue weighted by atomic mass is 16.3. The average Bonchev–Trinajstić information content (AvgIpc) is 3.20. The third-order valence-corrected chi connectivity index (χ3v) is 6.11. The maximum absolute atomic E-state index is 12.8. The first-order valence-electron chi connectivity index (χ1n) is 10.7. The summed E-state index contributed by atoms with van der Waals surface area (Å²) >= 11 is 0. The predicted molar refractivity (Wildman–Crippen MR) is 115 cm³/mol. The maximum atomic E-state index is 12.8. The van der Waals surface area contributed by atoms with Crippen LogP contribution in [0.1, 0.15) is 47.9 Å². The van der Waals surface area contributed by atoms with E-state index in [9.17, 15) is 14.4 Å². The number of carbonyl (C=O) groups is 3. The number of likely N-dealkylation sites (tertiary alicyclic amines) is 1. The molecule has 1 aromatic carbocycles. The Morgan fingerprint density at radius 3 is 2.87 bits per heavy atom. The van der Waals surface area contributed by atoms with Crippen LogP contribution in [0, 0.1) is 6.92 Å². The van der Waals surface area contributed by atoms with Crippen molar-refractivity contribution in [2.75, 3.05) is 18.4 Å². The number of hydrogen-bond acceptors (Lipinski definition) is 5. The summed E-state index contributed by atoms with van der Waals surface area (Å²) in [6.07, 6.45) is 3.43. The Bertz CT molecular complexity index is 987. The van der Waals surface area contributed by atoms with Gasteiger partial charge in [-0.1, -0.05) is 6.07 Å². The molecule has 3 heterocycles. The molecule has 1 aromatic heterocycles. The summed E-state index contributed by atoms with van der Waals surface area (Å²) in [6, 6.07) is 8.75. The van der Waals surface area contributed by atoms with Crippen molar-refractivity contribution in [3.63, 3.8) is 0 Å². The Labute approximate surface area is 181 Å². The fourth-order valence-corrected chi connectivity index (χ4v) is 4.27. The molecular weight excluding hydrogens is 396 g/mol. The summed E-state index contributed by atoms with van der Waals surface area (Å²) in [5, 5.41) is 9.41. The van der Waals surface area contributed by atoms with Gasteiger partial charge in [0, 0.05) is 38.0 Å². The van der Waals surface area contributed by atoms with Gasteiger partial charge in [-0.25, -0.2) is 0 Å². The number of nitrogens with zero attached hydrogens (tertiary/aromatic N) is 1. The van der Waals surface area contributed by atoms with Gasteiger partial charge in [0.2, 0.25) is 11.8 Å². The SMILES string of the molecule is Cc1ccc2c(c1)N[C@]1(CCC(=O)N([C@H](C)C(=O)NCCc3ccco3)CC1)NC2=O. The summed E-state index contributed by atoms with van der Waals surface area (Å²) < 4.78 is 5.27. The molecule has 1 spiro atoms. The summed E-state index contributed by atoms with van der Waals surface area (Å²) in [6.45, 7) is 4.53. The zero-order valence-corrected chi connectivity index (χ0v) is 17.9. The minimum absolute atomic E-state index is 0.0864. The van der Waals surface area contributed by atoms with Gasteiger partial charge in [0.1, 0.15) is 17.5 Å². The van der Waals surface area contributed by atoms with Crippen LogP contribution >= 0.6 is 0 Å². The van der Waals surface area contributed by atoms with Gasteiger partial charge in [-0.15, -0.1) is 0 Å². The van der Waals surface area contributed by atoms with Gasteiger partial charge in [-0.2, -0.15) is 0 Å². The molecule has 1 fully saturated rings. The smallest absolute Gasteiger partial charge is 0.255 e. The Morgan fingerprint density at radius 2 is 2.10 bits per heavy atom. The van der Waals surface area contributed by atoms with Crippen LogP contribution in [0.25, 0.3) is 0 Å². The number of aryl methyl sites for hydroxylation is 1. The molecule has 3 amide bonds. The van der Waals surface area contributed by atoms with Crippen LogP contribution < -0.4 is 16.0 Å². The standard InChI is InChI=1S/C23H28N4O4/c1-15-5-6-18-19(14-15)25-23(26-22(18)30)9-7-20(28)27(12-10-23)16(2)21(29)24-11-8-17-4-3-13-31-17/h3-6,13-14,16,25H,7-12H2,1-2H3,(H,24,29)(H,26,30)/t16-,23-/m1/s1. The molecule has 0 unspecified atom stereocenters. The average molecular weight is 425 g/mol. The van der Waals surface area contributed by atoms with Crippen LogP contribution in [0.2, 0.25) is 0 Å². The van der Waals surface area contributed by atoms with Crippen LogP contribution in [0.15, 0.2) is 41.0 Å². The van der Waals surface area contributed by atoms with Gasteiger partial charge in [-0.3, -0.25) is 14.4 Å². The highest BCUT2D eigenvalue weighted by Gasteiger charge is 2.41. The molecule has 0 radical (unpaired) electrons. The first-order chi connectivity index (χ1) is 14.9. The van der Waals surface area contributed by atoms with E-state index in [1.807, 2.05) is 37.3 Å². The predicted octanol–water partition coefficient (Wildman–Crippen LogP) is 2.20. The van der Waals surface area contributed by atoms with E-state index in [2.05, 4.69) is 16.0 Å². The fraction of sp³-hybridized carbons (Fsp3) is 0.435. The van der Waals surface area contributed by atoms with Crippen molar-refractivity contribution in [1.29, 1.82) is 0 Å². The zero-order chi connectivity index (χ0) is 22.0. The van der Waals surface area contributed by atoms with Crippen LogP contribution in [0.3, 0.4) is 0 Å². The van der Waals surface area contributed by atoms with Gasteiger partial charge in [0.25, 0.3) is 5.91 Å². The molecule has 2 aromatic rings. The summed E-state index contributed by atoms with van der Waals surface area (Å²) in [5.41, 5.74) is 1.75. The number of amides is 3. The lowest BCUT2D eigenvalue weighted by molar-refractivity contribution is -0.139. The van der Waals surface area contributed by atoms with Gasteiger partial charge in [0.15, 0.2) is 0 Å². The third-order valence-electron chi connectivity index (χ3n) is 6.11. The van der Waals surface area contributed by atoms with Crippen molar-refractivity contribution in [3.8, 4) is 0 Å². The molecule has 0 saturated carbocycles. The first-order valence-corrected chi connectivity index (χ1v) is 10.7. The Hall–Kier alpha value is -3.29. The van der Waals surface area contributed by atoms with Crippen molar-refractivity contribution >= 4 is 23.4 Å². The maximum Gasteiger partial charge on any atom is 0.255 e. The number of furan rings is 1. The van der Waals surface area contributed by atoms with Crippen molar-refractivity contribution in [3.05, 3.63) is 53.5 Å². The topological polar surface area (TPSA) is 104 Å². The monoisotopic (exact) mass is 424 g/mol. The van der Waals surface area contributed by atoms with Crippen LogP contribution in [-0.2, 0) is 16.0 Å². The second kappa shape index (κ2) is 8.45. The van der Waals surface area contributed by atoms with Gasteiger partial charge in [-0.05, 0) is 50.1 Å². The van der Waals surface area contributed by atoms with E-state index in [0.717, 1.165) is 17.0 Å². The lowest BCUT2D eigenvalue weighted by Gasteiger charge is -2.40. The van der Waals surface area contributed by atoms with E-state index >= 15 is 0 Å². The molecule has 8 heteroatoms. The molecule has 2 aliphatic heterocycles. The molecule has 4 rings (SSSR count). The molecular formula is C23H28N4O4. The van der Waals surface area contributed by atoms with Crippen molar-refractivity contribution < 1.29 is 18.8 Å². The fourth-order valence-electron chi connectivity index (χ4n) is 4.27. The van der Waals surface area contributed by atoms with Gasteiger partial charge in [0.05, 0.1) is 11.8 Å². The van der Waals surface area contributed by atoms with Crippen LogP contribution in [0.5, 0.6) is 0 Å². The first kappa shape index (κ1) is 21.0. The minimum atomic E-state index is -0.697. The minimum Gasteiger partial charge on any atom is -0.469 e. The number of fused-ring (bicyclic) bond motifs is 1. The van der Waals surface area contributed by atoms with E-state index in [-0.39, 0.29) is 24.1 Å². The van der Waals surface area contributed by atoms with Crippen LogP contribution in [-0.4, -0.2) is 47.4 Å². The number of anilines is 1. The normalized spacial score (nSPS) is 21.7. The quantitative estimate of drug-likeness (QED) is 0.683.